The topological polar surface area (TPSA) is 58.6 Å². The molecular weight excluding hydrogens is 428 g/mol. The van der Waals surface area contributed by atoms with Crippen molar-refractivity contribution in [2.24, 2.45) is 0 Å². The molecule has 5 nitrogen and oxygen atoms in total. The summed E-state index contributed by atoms with van der Waals surface area (Å²) in [4.78, 5) is 27.1. The van der Waals surface area contributed by atoms with E-state index in [-0.39, 0.29) is 11.8 Å². The number of aryl methyl sites for hydroxylation is 1. The lowest BCUT2D eigenvalue weighted by Gasteiger charge is -2.14. The zero-order valence-electron chi connectivity index (χ0n) is 17.7. The first kappa shape index (κ1) is 23.0. The number of carbonyl (C=O) groups is 2. The van der Waals surface area contributed by atoms with E-state index in [1.165, 1.54) is 11.8 Å². The van der Waals surface area contributed by atoms with Crippen LogP contribution in [-0.2, 0) is 9.59 Å². The summed E-state index contributed by atoms with van der Waals surface area (Å²) in [7, 11) is 1.62. The average molecular weight is 455 g/mol. The second-order valence-electron chi connectivity index (χ2n) is 7.33. The van der Waals surface area contributed by atoms with Crippen molar-refractivity contribution >= 4 is 51.9 Å². The molecule has 162 valence electrons. The molecule has 0 atom stereocenters. The van der Waals surface area contributed by atoms with E-state index in [0.29, 0.717) is 22.2 Å². The van der Waals surface area contributed by atoms with Gasteiger partial charge in [-0.25, -0.2) is 0 Å². The third kappa shape index (κ3) is 6.67. The van der Waals surface area contributed by atoms with Crippen molar-refractivity contribution in [1.82, 2.24) is 4.90 Å². The number of rotatable bonds is 9. The van der Waals surface area contributed by atoms with Crippen LogP contribution >= 0.6 is 24.0 Å². The van der Waals surface area contributed by atoms with Crippen molar-refractivity contribution in [3.63, 3.8) is 0 Å². The van der Waals surface area contributed by atoms with E-state index in [1.54, 1.807) is 12.0 Å². The number of benzene rings is 2. The standard InChI is InChI=1S/C24H26N2O3S2/c1-17-7-6-8-19(15-17)25-22(27)9-4-3-5-14-26-23(28)21(31-24(26)30)16-18-10-12-20(29-2)13-11-18/h6-8,10-13,15-16H,3-5,9,14H2,1-2H3,(H,25,27). The fourth-order valence-electron chi connectivity index (χ4n) is 3.22. The van der Waals surface area contributed by atoms with E-state index in [1.807, 2.05) is 61.5 Å². The van der Waals surface area contributed by atoms with Gasteiger partial charge in [-0.15, -0.1) is 0 Å². The summed E-state index contributed by atoms with van der Waals surface area (Å²) >= 11 is 6.73. The number of carbonyl (C=O) groups excluding carboxylic acids is 2. The van der Waals surface area contributed by atoms with E-state index in [9.17, 15) is 9.59 Å². The second kappa shape index (κ2) is 11.1. The molecule has 2 amide bonds. The molecule has 2 aromatic carbocycles. The van der Waals surface area contributed by atoms with E-state index in [0.717, 1.165) is 41.8 Å². The van der Waals surface area contributed by atoms with Crippen LogP contribution < -0.4 is 10.1 Å². The van der Waals surface area contributed by atoms with Crippen LogP contribution in [-0.4, -0.2) is 34.7 Å². The first-order valence-corrected chi connectivity index (χ1v) is 11.4. The zero-order valence-corrected chi connectivity index (χ0v) is 19.4. The number of anilines is 1. The SMILES string of the molecule is COc1ccc(C=C2SC(=S)N(CCCCCC(=O)Nc3cccc(C)c3)C2=O)cc1. The number of nitrogens with one attached hydrogen (secondary N) is 1. The number of hydrogen-bond donors (Lipinski definition) is 1. The number of amides is 2. The Morgan fingerprint density at radius 3 is 2.65 bits per heavy atom. The molecule has 0 spiro atoms. The summed E-state index contributed by atoms with van der Waals surface area (Å²) in [6.45, 7) is 2.57. The number of methoxy groups -OCH3 is 1. The minimum absolute atomic E-state index is 0.0126. The maximum atomic E-state index is 12.7. The minimum atomic E-state index is -0.0528. The van der Waals surface area contributed by atoms with Gasteiger partial charge in [-0.05, 0) is 61.2 Å². The highest BCUT2D eigenvalue weighted by molar-refractivity contribution is 8.26. The highest BCUT2D eigenvalue weighted by Crippen LogP contribution is 2.33. The number of nitrogens with zero attached hydrogens (tertiary/aromatic N) is 1. The lowest BCUT2D eigenvalue weighted by atomic mass is 10.1. The van der Waals surface area contributed by atoms with Gasteiger partial charge in [-0.1, -0.05) is 54.7 Å². The van der Waals surface area contributed by atoms with Gasteiger partial charge in [0.25, 0.3) is 5.91 Å². The molecule has 0 aromatic heterocycles. The Morgan fingerprint density at radius 2 is 1.94 bits per heavy atom. The highest BCUT2D eigenvalue weighted by atomic mass is 32.2. The Hall–Kier alpha value is -2.64. The van der Waals surface area contributed by atoms with Crippen LogP contribution in [0.4, 0.5) is 5.69 Å². The van der Waals surface area contributed by atoms with Crippen LogP contribution in [0.25, 0.3) is 6.08 Å². The fourth-order valence-corrected chi connectivity index (χ4v) is 4.53. The molecule has 1 aliphatic rings. The Balaban J connectivity index is 1.42. The van der Waals surface area contributed by atoms with Crippen molar-refractivity contribution in [1.29, 1.82) is 0 Å². The summed E-state index contributed by atoms with van der Waals surface area (Å²) in [6.07, 6.45) is 4.75. The Bertz CT molecular complexity index is 987. The van der Waals surface area contributed by atoms with Crippen LogP contribution in [0.3, 0.4) is 0 Å². The molecule has 1 N–H and O–H groups in total. The first-order valence-electron chi connectivity index (χ1n) is 10.2. The lowest BCUT2D eigenvalue weighted by Crippen LogP contribution is -2.29. The van der Waals surface area contributed by atoms with Crippen LogP contribution in [0.15, 0.2) is 53.4 Å². The van der Waals surface area contributed by atoms with Gasteiger partial charge in [-0.2, -0.15) is 0 Å². The number of hydrogen-bond acceptors (Lipinski definition) is 5. The first-order chi connectivity index (χ1) is 15.0. The molecule has 1 fully saturated rings. The largest absolute Gasteiger partial charge is 0.497 e. The summed E-state index contributed by atoms with van der Waals surface area (Å²) in [5.41, 5.74) is 2.87. The molecular formula is C24H26N2O3S2. The number of ether oxygens (including phenoxy) is 1. The molecule has 0 radical (unpaired) electrons. The molecule has 3 rings (SSSR count). The number of thioether (sulfide) groups is 1. The summed E-state index contributed by atoms with van der Waals surface area (Å²) in [5.74, 6) is 0.735. The van der Waals surface area contributed by atoms with Crippen LogP contribution in [0.5, 0.6) is 5.75 Å². The summed E-state index contributed by atoms with van der Waals surface area (Å²) < 4.78 is 5.75. The minimum Gasteiger partial charge on any atom is -0.497 e. The van der Waals surface area contributed by atoms with Crippen molar-refractivity contribution < 1.29 is 14.3 Å². The van der Waals surface area contributed by atoms with Crippen LogP contribution in [0.2, 0.25) is 0 Å². The van der Waals surface area contributed by atoms with Gasteiger partial charge >= 0.3 is 0 Å². The van der Waals surface area contributed by atoms with Gasteiger partial charge in [0.05, 0.1) is 12.0 Å². The van der Waals surface area contributed by atoms with Gasteiger partial charge in [0.2, 0.25) is 5.91 Å². The number of thiocarbonyl (C=S) groups is 1. The average Bonchev–Trinajstić information content (AvgIpc) is 3.01. The molecule has 1 aliphatic heterocycles. The lowest BCUT2D eigenvalue weighted by molar-refractivity contribution is -0.122. The normalized spacial score (nSPS) is 14.9. The van der Waals surface area contributed by atoms with Crippen LogP contribution in [0.1, 0.15) is 36.8 Å². The quantitative estimate of drug-likeness (QED) is 0.312. The van der Waals surface area contributed by atoms with Gasteiger partial charge in [-0.3, -0.25) is 14.5 Å². The predicted octanol–water partition coefficient (Wildman–Crippen LogP) is 5.40. The molecule has 1 saturated heterocycles. The summed E-state index contributed by atoms with van der Waals surface area (Å²) in [5, 5.41) is 2.92. The Morgan fingerprint density at radius 1 is 1.16 bits per heavy atom. The van der Waals surface area contributed by atoms with Gasteiger partial charge in [0, 0.05) is 18.7 Å². The molecule has 7 heteroatoms. The second-order valence-corrected chi connectivity index (χ2v) is 9.01. The molecule has 0 aliphatic carbocycles. The molecule has 0 saturated carbocycles. The Kier molecular flexibility index (Phi) is 8.26. The van der Waals surface area contributed by atoms with Crippen molar-refractivity contribution in [3.05, 3.63) is 64.6 Å². The third-order valence-corrected chi connectivity index (χ3v) is 6.25. The highest BCUT2D eigenvalue weighted by Gasteiger charge is 2.31. The molecule has 2 aromatic rings. The Labute approximate surface area is 192 Å². The van der Waals surface area contributed by atoms with E-state index in [4.69, 9.17) is 17.0 Å². The molecule has 31 heavy (non-hydrogen) atoms. The maximum Gasteiger partial charge on any atom is 0.266 e. The fraction of sp³-hybridized carbons (Fsp3) is 0.292. The van der Waals surface area contributed by atoms with Gasteiger partial charge in [0.1, 0.15) is 10.1 Å². The van der Waals surface area contributed by atoms with Crippen LogP contribution in [0, 0.1) is 6.92 Å². The van der Waals surface area contributed by atoms with E-state index >= 15 is 0 Å². The monoisotopic (exact) mass is 454 g/mol. The van der Waals surface area contributed by atoms with Gasteiger partial charge in [0.15, 0.2) is 0 Å². The number of unbranched alkanes of at least 4 members (excludes halogenated alkanes) is 2. The van der Waals surface area contributed by atoms with E-state index < -0.39 is 0 Å². The zero-order chi connectivity index (χ0) is 22.2. The predicted molar refractivity (Wildman–Crippen MR) is 131 cm³/mol. The van der Waals surface area contributed by atoms with E-state index in [2.05, 4.69) is 5.32 Å². The van der Waals surface area contributed by atoms with Crippen molar-refractivity contribution in [2.75, 3.05) is 19.0 Å². The summed E-state index contributed by atoms with van der Waals surface area (Å²) in [6, 6.07) is 15.3. The van der Waals surface area contributed by atoms with Crippen molar-refractivity contribution in [2.45, 2.75) is 32.6 Å². The molecule has 1 heterocycles. The third-order valence-electron chi connectivity index (χ3n) is 4.87. The maximum absolute atomic E-state index is 12.7. The van der Waals surface area contributed by atoms with Gasteiger partial charge < -0.3 is 10.1 Å². The smallest absolute Gasteiger partial charge is 0.266 e. The van der Waals surface area contributed by atoms with Crippen molar-refractivity contribution in [3.8, 4) is 5.75 Å². The molecule has 0 unspecified atom stereocenters. The molecule has 0 bridgehead atoms.